The van der Waals surface area contributed by atoms with Crippen LogP contribution in [-0.4, -0.2) is 31.8 Å². The number of hydrogen-bond donors (Lipinski definition) is 0. The van der Waals surface area contributed by atoms with E-state index in [2.05, 4.69) is 11.1 Å². The van der Waals surface area contributed by atoms with Gasteiger partial charge < -0.3 is 14.2 Å². The predicted octanol–water partition coefficient (Wildman–Crippen LogP) is 3.12. The average Bonchev–Trinajstić information content (AvgIpc) is 2.60. The number of nitriles is 1. The predicted molar refractivity (Wildman–Crippen MR) is 88.2 cm³/mol. The maximum absolute atomic E-state index is 12.3. The van der Waals surface area contributed by atoms with Crippen LogP contribution in [0.3, 0.4) is 0 Å². The molecule has 2 rings (SSSR count). The Morgan fingerprint density at radius 2 is 2.00 bits per heavy atom. The third-order valence-corrected chi connectivity index (χ3v) is 3.55. The Bertz CT molecular complexity index is 809. The van der Waals surface area contributed by atoms with Crippen molar-refractivity contribution in [2.24, 2.45) is 0 Å². The minimum absolute atomic E-state index is 0.246. The molecule has 0 unspecified atom stereocenters. The molecule has 1 heterocycles. The van der Waals surface area contributed by atoms with Gasteiger partial charge in [-0.2, -0.15) is 5.26 Å². The average molecular weight is 326 g/mol. The molecule has 0 bridgehead atoms. The molecular formula is C18H18N2O4. The highest BCUT2D eigenvalue weighted by Gasteiger charge is 2.23. The van der Waals surface area contributed by atoms with Gasteiger partial charge in [-0.05, 0) is 37.6 Å². The zero-order valence-electron chi connectivity index (χ0n) is 14.0. The standard InChI is InChI=1S/C18H18N2O4/c1-5-24-18(21)15-11(2)8-9-20-16(15)12-6-7-14(22-3)13(10-19)17(12)23-4/h6-9H,5H2,1-4H3. The highest BCUT2D eigenvalue weighted by atomic mass is 16.5. The van der Waals surface area contributed by atoms with Crippen molar-refractivity contribution in [2.75, 3.05) is 20.8 Å². The van der Waals surface area contributed by atoms with Gasteiger partial charge in [0.15, 0.2) is 0 Å². The van der Waals surface area contributed by atoms with Crippen molar-refractivity contribution in [1.29, 1.82) is 5.26 Å². The van der Waals surface area contributed by atoms with Crippen LogP contribution in [0.2, 0.25) is 0 Å². The maximum atomic E-state index is 12.3. The Morgan fingerprint density at radius 3 is 2.58 bits per heavy atom. The fourth-order valence-corrected chi connectivity index (χ4v) is 2.46. The first-order chi connectivity index (χ1) is 11.6. The molecule has 0 aliphatic carbocycles. The second kappa shape index (κ2) is 7.47. The largest absolute Gasteiger partial charge is 0.495 e. The lowest BCUT2D eigenvalue weighted by molar-refractivity contribution is 0.0526. The zero-order valence-corrected chi connectivity index (χ0v) is 14.0. The summed E-state index contributed by atoms with van der Waals surface area (Å²) in [7, 11) is 2.93. The molecule has 0 aliphatic rings. The van der Waals surface area contributed by atoms with Crippen LogP contribution in [0.25, 0.3) is 11.3 Å². The molecule has 0 radical (unpaired) electrons. The van der Waals surface area contributed by atoms with E-state index in [1.54, 1.807) is 38.2 Å². The lowest BCUT2D eigenvalue weighted by Gasteiger charge is -2.15. The number of methoxy groups -OCH3 is 2. The van der Waals surface area contributed by atoms with Gasteiger partial charge in [0.05, 0.1) is 32.1 Å². The van der Waals surface area contributed by atoms with E-state index >= 15 is 0 Å². The molecule has 0 N–H and O–H groups in total. The minimum atomic E-state index is -0.463. The van der Waals surface area contributed by atoms with Crippen LogP contribution in [0.5, 0.6) is 11.5 Å². The summed E-state index contributed by atoms with van der Waals surface area (Å²) < 4.78 is 15.7. The van der Waals surface area contributed by atoms with E-state index in [-0.39, 0.29) is 12.2 Å². The third kappa shape index (κ3) is 3.01. The molecule has 0 saturated heterocycles. The number of pyridine rings is 1. The first kappa shape index (κ1) is 17.3. The number of benzene rings is 1. The second-order valence-electron chi connectivity index (χ2n) is 4.91. The summed E-state index contributed by atoms with van der Waals surface area (Å²) in [5.41, 5.74) is 2.27. The van der Waals surface area contributed by atoms with Gasteiger partial charge in [0.25, 0.3) is 0 Å². The van der Waals surface area contributed by atoms with Crippen molar-refractivity contribution in [1.82, 2.24) is 4.98 Å². The first-order valence-electron chi connectivity index (χ1n) is 7.37. The van der Waals surface area contributed by atoms with E-state index in [0.717, 1.165) is 5.56 Å². The summed E-state index contributed by atoms with van der Waals surface area (Å²) in [6.07, 6.45) is 1.60. The number of nitrogens with zero attached hydrogens (tertiary/aromatic N) is 2. The van der Waals surface area contributed by atoms with E-state index in [1.165, 1.54) is 14.2 Å². The Morgan fingerprint density at radius 1 is 1.25 bits per heavy atom. The molecule has 0 fully saturated rings. The lowest BCUT2D eigenvalue weighted by Crippen LogP contribution is -2.10. The summed E-state index contributed by atoms with van der Waals surface area (Å²) in [6.45, 7) is 3.81. The molecule has 0 saturated carbocycles. The van der Waals surface area contributed by atoms with E-state index in [9.17, 15) is 10.1 Å². The van der Waals surface area contributed by atoms with Gasteiger partial charge in [0.1, 0.15) is 23.1 Å². The number of ether oxygens (including phenoxy) is 3. The zero-order chi connectivity index (χ0) is 17.7. The number of aromatic nitrogens is 1. The number of aryl methyl sites for hydroxylation is 1. The van der Waals surface area contributed by atoms with Crippen molar-refractivity contribution < 1.29 is 19.0 Å². The van der Waals surface area contributed by atoms with Crippen LogP contribution in [0.1, 0.15) is 28.4 Å². The van der Waals surface area contributed by atoms with Crippen molar-refractivity contribution in [3.05, 3.63) is 41.1 Å². The molecule has 24 heavy (non-hydrogen) atoms. The Kier molecular flexibility index (Phi) is 5.38. The number of rotatable bonds is 5. The van der Waals surface area contributed by atoms with Crippen LogP contribution in [0, 0.1) is 18.3 Å². The van der Waals surface area contributed by atoms with Crippen molar-refractivity contribution in [3.63, 3.8) is 0 Å². The first-order valence-corrected chi connectivity index (χ1v) is 7.37. The summed E-state index contributed by atoms with van der Waals surface area (Å²) in [4.78, 5) is 16.7. The van der Waals surface area contributed by atoms with Crippen molar-refractivity contribution in [2.45, 2.75) is 13.8 Å². The Balaban J connectivity index is 2.76. The maximum Gasteiger partial charge on any atom is 0.340 e. The summed E-state index contributed by atoms with van der Waals surface area (Å²) >= 11 is 0. The molecule has 1 aromatic heterocycles. The molecule has 2 aromatic rings. The quantitative estimate of drug-likeness (QED) is 0.785. The topological polar surface area (TPSA) is 81.4 Å². The summed E-state index contributed by atoms with van der Waals surface area (Å²) in [6, 6.07) is 7.16. The Labute approximate surface area is 140 Å². The van der Waals surface area contributed by atoms with Gasteiger partial charge in [-0.1, -0.05) is 0 Å². The lowest BCUT2D eigenvalue weighted by atomic mass is 9.98. The highest BCUT2D eigenvalue weighted by molar-refractivity contribution is 5.98. The van der Waals surface area contributed by atoms with Gasteiger partial charge in [-0.25, -0.2) is 4.79 Å². The van der Waals surface area contributed by atoms with Crippen LogP contribution in [0.4, 0.5) is 0 Å². The van der Waals surface area contributed by atoms with E-state index < -0.39 is 5.97 Å². The van der Waals surface area contributed by atoms with E-state index in [4.69, 9.17) is 14.2 Å². The highest BCUT2D eigenvalue weighted by Crippen LogP contribution is 2.39. The van der Waals surface area contributed by atoms with Gasteiger partial charge in [-0.15, -0.1) is 0 Å². The van der Waals surface area contributed by atoms with Crippen LogP contribution >= 0.6 is 0 Å². The van der Waals surface area contributed by atoms with E-state index in [1.807, 2.05) is 0 Å². The SMILES string of the molecule is CCOC(=O)c1c(C)ccnc1-c1ccc(OC)c(C#N)c1OC. The number of hydrogen-bond acceptors (Lipinski definition) is 6. The van der Waals surface area contributed by atoms with E-state index in [0.29, 0.717) is 28.3 Å². The number of carbonyl (C=O) groups excluding carboxylic acids is 1. The molecular weight excluding hydrogens is 308 g/mol. The summed E-state index contributed by atoms with van der Waals surface area (Å²) in [5.74, 6) is 0.235. The monoisotopic (exact) mass is 326 g/mol. The van der Waals surface area contributed by atoms with Crippen molar-refractivity contribution in [3.8, 4) is 28.8 Å². The normalized spacial score (nSPS) is 9.96. The molecule has 0 spiro atoms. The van der Waals surface area contributed by atoms with Crippen molar-refractivity contribution >= 4 is 5.97 Å². The molecule has 124 valence electrons. The van der Waals surface area contributed by atoms with Crippen LogP contribution in [-0.2, 0) is 4.74 Å². The van der Waals surface area contributed by atoms with Gasteiger partial charge >= 0.3 is 5.97 Å². The summed E-state index contributed by atoms with van der Waals surface area (Å²) in [5, 5.41) is 9.43. The second-order valence-corrected chi connectivity index (χ2v) is 4.91. The third-order valence-electron chi connectivity index (χ3n) is 3.55. The molecule has 6 heteroatoms. The fourth-order valence-electron chi connectivity index (χ4n) is 2.46. The fraction of sp³-hybridized carbons (Fsp3) is 0.278. The number of esters is 1. The molecule has 1 aromatic carbocycles. The number of carbonyl (C=O) groups is 1. The van der Waals surface area contributed by atoms with Gasteiger partial charge in [-0.3, -0.25) is 4.98 Å². The minimum Gasteiger partial charge on any atom is -0.495 e. The molecule has 0 aliphatic heterocycles. The molecule has 0 atom stereocenters. The van der Waals surface area contributed by atoms with Gasteiger partial charge in [0, 0.05) is 11.8 Å². The van der Waals surface area contributed by atoms with Gasteiger partial charge in [0.2, 0.25) is 0 Å². The van der Waals surface area contributed by atoms with Crippen LogP contribution < -0.4 is 9.47 Å². The Hall–Kier alpha value is -3.07. The molecule has 6 nitrogen and oxygen atoms in total. The van der Waals surface area contributed by atoms with Crippen LogP contribution in [0.15, 0.2) is 24.4 Å². The smallest absolute Gasteiger partial charge is 0.340 e. The molecule has 0 amide bonds.